The topological polar surface area (TPSA) is 30.3 Å². The summed E-state index contributed by atoms with van der Waals surface area (Å²) < 4.78 is 5.23. The van der Waals surface area contributed by atoms with E-state index in [1.807, 2.05) is 6.07 Å². The SMILES string of the molecule is CC[NH+](CC)CCC[NH2+]Cc1cccc(OC)c1. The second-order valence-corrected chi connectivity index (χ2v) is 4.69. The normalized spacial score (nSPS) is 10.9. The molecule has 0 aliphatic heterocycles. The predicted octanol–water partition coefficient (Wildman–Crippen LogP) is 0.0734. The summed E-state index contributed by atoms with van der Waals surface area (Å²) >= 11 is 0. The van der Waals surface area contributed by atoms with Crippen LogP contribution in [0.4, 0.5) is 0 Å². The van der Waals surface area contributed by atoms with Gasteiger partial charge >= 0.3 is 0 Å². The highest BCUT2D eigenvalue weighted by Crippen LogP contribution is 2.11. The Labute approximate surface area is 111 Å². The van der Waals surface area contributed by atoms with Crippen LogP contribution in [0.1, 0.15) is 25.8 Å². The van der Waals surface area contributed by atoms with Crippen molar-refractivity contribution in [1.82, 2.24) is 0 Å². The Balaban J connectivity index is 2.17. The van der Waals surface area contributed by atoms with E-state index in [9.17, 15) is 0 Å². The molecule has 0 amide bonds. The molecular formula is C15H28N2O+2. The molecule has 102 valence electrons. The first kappa shape index (κ1) is 15.0. The fraction of sp³-hybridized carbons (Fsp3) is 0.600. The number of quaternary nitrogens is 2. The van der Waals surface area contributed by atoms with Crippen molar-refractivity contribution in [1.29, 1.82) is 0 Å². The highest BCUT2D eigenvalue weighted by atomic mass is 16.5. The van der Waals surface area contributed by atoms with Crippen LogP contribution in [0.3, 0.4) is 0 Å². The highest BCUT2D eigenvalue weighted by molar-refractivity contribution is 5.27. The predicted molar refractivity (Wildman–Crippen MR) is 75.0 cm³/mol. The van der Waals surface area contributed by atoms with E-state index in [2.05, 4.69) is 37.4 Å². The number of methoxy groups -OCH3 is 1. The van der Waals surface area contributed by atoms with E-state index in [1.54, 1.807) is 12.0 Å². The number of hydrogen-bond acceptors (Lipinski definition) is 1. The standard InChI is InChI=1S/C15H26N2O/c1-4-17(5-2)11-7-10-16-13-14-8-6-9-15(12-14)18-3/h6,8-9,12,16H,4-5,7,10-11,13H2,1-3H3/p+2. The van der Waals surface area contributed by atoms with Gasteiger partial charge in [-0.05, 0) is 26.0 Å². The van der Waals surface area contributed by atoms with Crippen molar-refractivity contribution >= 4 is 0 Å². The molecule has 0 aromatic heterocycles. The van der Waals surface area contributed by atoms with Gasteiger partial charge in [0.15, 0.2) is 0 Å². The molecule has 0 spiro atoms. The summed E-state index contributed by atoms with van der Waals surface area (Å²) in [6.07, 6.45) is 1.29. The van der Waals surface area contributed by atoms with Crippen molar-refractivity contribution in [2.75, 3.05) is 33.3 Å². The maximum atomic E-state index is 5.23. The first-order chi connectivity index (χ1) is 8.80. The Kier molecular flexibility index (Phi) is 7.46. The van der Waals surface area contributed by atoms with E-state index < -0.39 is 0 Å². The van der Waals surface area contributed by atoms with E-state index in [1.165, 1.54) is 38.2 Å². The van der Waals surface area contributed by atoms with Crippen LogP contribution in [-0.4, -0.2) is 33.3 Å². The van der Waals surface area contributed by atoms with Crippen molar-refractivity contribution in [2.45, 2.75) is 26.8 Å². The summed E-state index contributed by atoms with van der Waals surface area (Å²) in [4.78, 5) is 1.70. The highest BCUT2D eigenvalue weighted by Gasteiger charge is 2.03. The molecular weight excluding hydrogens is 224 g/mol. The fourth-order valence-electron chi connectivity index (χ4n) is 2.17. The zero-order chi connectivity index (χ0) is 13.2. The van der Waals surface area contributed by atoms with Crippen LogP contribution >= 0.6 is 0 Å². The average Bonchev–Trinajstić information content (AvgIpc) is 2.43. The lowest BCUT2D eigenvalue weighted by molar-refractivity contribution is -0.898. The Bertz CT molecular complexity index is 324. The molecule has 0 aliphatic rings. The molecule has 18 heavy (non-hydrogen) atoms. The van der Waals surface area contributed by atoms with E-state index >= 15 is 0 Å². The van der Waals surface area contributed by atoms with Crippen LogP contribution < -0.4 is 15.0 Å². The van der Waals surface area contributed by atoms with E-state index in [-0.39, 0.29) is 0 Å². The van der Waals surface area contributed by atoms with Gasteiger partial charge in [0.25, 0.3) is 0 Å². The summed E-state index contributed by atoms with van der Waals surface area (Å²) in [5.41, 5.74) is 1.34. The van der Waals surface area contributed by atoms with Crippen molar-refractivity contribution < 1.29 is 15.0 Å². The van der Waals surface area contributed by atoms with Crippen molar-refractivity contribution in [3.8, 4) is 5.75 Å². The van der Waals surface area contributed by atoms with Gasteiger partial charge in [0.1, 0.15) is 12.3 Å². The van der Waals surface area contributed by atoms with Crippen LogP contribution in [0.15, 0.2) is 24.3 Å². The Morgan fingerprint density at radius 1 is 1.22 bits per heavy atom. The first-order valence-corrected chi connectivity index (χ1v) is 7.08. The molecule has 0 heterocycles. The van der Waals surface area contributed by atoms with E-state index in [0.717, 1.165) is 12.3 Å². The number of rotatable bonds is 9. The average molecular weight is 252 g/mol. The van der Waals surface area contributed by atoms with Gasteiger partial charge in [-0.1, -0.05) is 12.1 Å². The second kappa shape index (κ2) is 8.95. The molecule has 0 bridgehead atoms. The number of hydrogen-bond donors (Lipinski definition) is 2. The lowest BCUT2D eigenvalue weighted by atomic mass is 10.2. The van der Waals surface area contributed by atoms with Gasteiger partial charge in [-0.15, -0.1) is 0 Å². The van der Waals surface area contributed by atoms with Gasteiger partial charge in [0.2, 0.25) is 0 Å². The zero-order valence-corrected chi connectivity index (χ0v) is 12.0. The van der Waals surface area contributed by atoms with Gasteiger partial charge < -0.3 is 15.0 Å². The summed E-state index contributed by atoms with van der Waals surface area (Å²) in [6, 6.07) is 8.33. The Morgan fingerprint density at radius 2 is 2.00 bits per heavy atom. The van der Waals surface area contributed by atoms with E-state index in [0.29, 0.717) is 0 Å². The molecule has 0 aliphatic carbocycles. The number of ether oxygens (including phenoxy) is 1. The van der Waals surface area contributed by atoms with Gasteiger partial charge in [-0.3, -0.25) is 0 Å². The first-order valence-electron chi connectivity index (χ1n) is 7.08. The molecule has 0 saturated heterocycles. The van der Waals surface area contributed by atoms with Crippen molar-refractivity contribution in [3.63, 3.8) is 0 Å². The molecule has 1 aromatic rings. The molecule has 0 unspecified atom stereocenters. The van der Waals surface area contributed by atoms with Crippen LogP contribution in [0.5, 0.6) is 5.75 Å². The van der Waals surface area contributed by atoms with Crippen LogP contribution in [0, 0.1) is 0 Å². The van der Waals surface area contributed by atoms with Crippen molar-refractivity contribution in [3.05, 3.63) is 29.8 Å². The van der Waals surface area contributed by atoms with E-state index in [4.69, 9.17) is 4.74 Å². The molecule has 3 nitrogen and oxygen atoms in total. The summed E-state index contributed by atoms with van der Waals surface area (Å²) in [7, 11) is 1.72. The third kappa shape index (κ3) is 5.52. The third-order valence-electron chi connectivity index (χ3n) is 3.45. The lowest BCUT2D eigenvalue weighted by Gasteiger charge is -2.14. The minimum Gasteiger partial charge on any atom is -0.497 e. The minimum atomic E-state index is 0.952. The monoisotopic (exact) mass is 252 g/mol. The number of nitrogens with two attached hydrogens (primary N) is 1. The third-order valence-corrected chi connectivity index (χ3v) is 3.45. The summed E-state index contributed by atoms with van der Waals surface area (Å²) in [5, 5.41) is 2.39. The van der Waals surface area contributed by atoms with Gasteiger partial charge in [0, 0.05) is 12.0 Å². The molecule has 1 rings (SSSR count). The second-order valence-electron chi connectivity index (χ2n) is 4.69. The summed E-state index contributed by atoms with van der Waals surface area (Å²) in [5.74, 6) is 0.952. The van der Waals surface area contributed by atoms with Crippen molar-refractivity contribution in [2.24, 2.45) is 0 Å². The smallest absolute Gasteiger partial charge is 0.119 e. The van der Waals surface area contributed by atoms with Crippen LogP contribution in [-0.2, 0) is 6.54 Å². The van der Waals surface area contributed by atoms with Crippen LogP contribution in [0.2, 0.25) is 0 Å². The molecule has 0 fully saturated rings. The van der Waals surface area contributed by atoms with Gasteiger partial charge in [0.05, 0.1) is 33.3 Å². The molecule has 3 heteroatoms. The number of nitrogens with one attached hydrogen (secondary N) is 1. The minimum absolute atomic E-state index is 0.952. The molecule has 1 aromatic carbocycles. The van der Waals surface area contributed by atoms with Gasteiger partial charge in [-0.25, -0.2) is 0 Å². The Morgan fingerprint density at radius 3 is 2.67 bits per heavy atom. The van der Waals surface area contributed by atoms with Gasteiger partial charge in [-0.2, -0.15) is 0 Å². The number of benzene rings is 1. The largest absolute Gasteiger partial charge is 0.497 e. The summed E-state index contributed by atoms with van der Waals surface area (Å²) in [6.45, 7) is 10.6. The molecule has 3 N–H and O–H groups in total. The molecule has 0 radical (unpaired) electrons. The Hall–Kier alpha value is -1.06. The molecule has 0 atom stereocenters. The lowest BCUT2D eigenvalue weighted by Crippen LogP contribution is -3.11. The maximum absolute atomic E-state index is 5.23. The molecule has 0 saturated carbocycles. The zero-order valence-electron chi connectivity index (χ0n) is 12.0. The van der Waals surface area contributed by atoms with Crippen LogP contribution in [0.25, 0.3) is 0 Å². The maximum Gasteiger partial charge on any atom is 0.119 e. The quantitative estimate of drug-likeness (QED) is 0.599. The fourth-order valence-corrected chi connectivity index (χ4v) is 2.17.